The molecule has 0 saturated carbocycles. The molecule has 2 aromatic carbocycles. The molecule has 1 amide bonds. The van der Waals surface area contributed by atoms with E-state index in [9.17, 15) is 4.79 Å². The monoisotopic (exact) mass is 619 g/mol. The van der Waals surface area contributed by atoms with Gasteiger partial charge in [-0.25, -0.2) is 4.98 Å². The van der Waals surface area contributed by atoms with Gasteiger partial charge in [-0.3, -0.25) is 9.69 Å². The standard InChI is InChI=1S/C27H32Cl3N5O.2ClH/c1-3-6-24-32-26(19(2)35(24)21-11-9-20(28)10-12-21)27(36)31-13-5-14-33-15-17-34(18-16-33)23-8-4-7-22(29)25(23)30;;/h4,7-12H,3,5-6,13-18H2,1-2H3,(H,31,36);2*1H. The largest absolute Gasteiger partial charge is 0.368 e. The predicted molar refractivity (Wildman–Crippen MR) is 164 cm³/mol. The number of nitrogens with zero attached hydrogens (tertiary/aromatic N) is 4. The summed E-state index contributed by atoms with van der Waals surface area (Å²) in [4.78, 5) is 22.4. The fourth-order valence-electron chi connectivity index (χ4n) is 4.64. The van der Waals surface area contributed by atoms with Gasteiger partial charge in [0.2, 0.25) is 0 Å². The molecule has 2 heterocycles. The van der Waals surface area contributed by atoms with Crippen molar-refractivity contribution in [2.45, 2.75) is 33.1 Å². The van der Waals surface area contributed by atoms with Crippen molar-refractivity contribution < 1.29 is 4.79 Å². The van der Waals surface area contributed by atoms with Crippen molar-refractivity contribution in [1.29, 1.82) is 0 Å². The Balaban J connectivity index is 0.00000253. The van der Waals surface area contributed by atoms with Crippen LogP contribution in [0.2, 0.25) is 15.1 Å². The molecule has 6 nitrogen and oxygen atoms in total. The number of nitrogens with one attached hydrogen (secondary N) is 1. The molecule has 1 aliphatic rings. The van der Waals surface area contributed by atoms with Crippen LogP contribution in [0.3, 0.4) is 0 Å². The van der Waals surface area contributed by atoms with Gasteiger partial charge in [0, 0.05) is 49.9 Å². The van der Waals surface area contributed by atoms with E-state index in [4.69, 9.17) is 39.8 Å². The molecule has 1 aromatic heterocycles. The van der Waals surface area contributed by atoms with Gasteiger partial charge >= 0.3 is 0 Å². The predicted octanol–water partition coefficient (Wildman–Crippen LogP) is 6.88. The second-order valence-corrected chi connectivity index (χ2v) is 10.3. The van der Waals surface area contributed by atoms with Crippen molar-refractivity contribution >= 4 is 71.2 Å². The minimum atomic E-state index is -0.127. The molecule has 3 aromatic rings. The first-order valence-corrected chi connectivity index (χ1v) is 13.6. The van der Waals surface area contributed by atoms with Gasteiger partial charge in [0.15, 0.2) is 0 Å². The molecule has 0 aliphatic carbocycles. The average molecular weight is 622 g/mol. The van der Waals surface area contributed by atoms with Gasteiger partial charge in [-0.2, -0.15) is 0 Å². The molecule has 0 atom stereocenters. The summed E-state index contributed by atoms with van der Waals surface area (Å²) in [6, 6.07) is 13.4. The number of aromatic nitrogens is 2. The molecule has 0 radical (unpaired) electrons. The van der Waals surface area contributed by atoms with E-state index in [2.05, 4.69) is 26.6 Å². The van der Waals surface area contributed by atoms with Gasteiger partial charge in [-0.15, -0.1) is 24.8 Å². The number of aryl methyl sites for hydroxylation is 1. The minimum Gasteiger partial charge on any atom is -0.368 e. The molecule has 11 heteroatoms. The van der Waals surface area contributed by atoms with E-state index in [1.165, 1.54) is 0 Å². The fourth-order valence-corrected chi connectivity index (χ4v) is 5.18. The molecule has 4 rings (SSSR count). The second kappa shape index (κ2) is 15.2. The number of rotatable bonds is 9. The zero-order chi connectivity index (χ0) is 25.7. The summed E-state index contributed by atoms with van der Waals surface area (Å²) < 4.78 is 2.06. The lowest BCUT2D eigenvalue weighted by Crippen LogP contribution is -2.47. The van der Waals surface area contributed by atoms with Crippen LogP contribution in [-0.4, -0.2) is 59.6 Å². The Morgan fingerprint density at radius 3 is 2.34 bits per heavy atom. The number of halogens is 5. The Kier molecular flexibility index (Phi) is 13.0. The van der Waals surface area contributed by atoms with Gasteiger partial charge < -0.3 is 14.8 Å². The summed E-state index contributed by atoms with van der Waals surface area (Å²) in [5.41, 5.74) is 3.28. The van der Waals surface area contributed by atoms with Crippen LogP contribution < -0.4 is 10.2 Å². The Morgan fingerprint density at radius 2 is 1.68 bits per heavy atom. The fraction of sp³-hybridized carbons (Fsp3) is 0.407. The zero-order valence-electron chi connectivity index (χ0n) is 21.6. The van der Waals surface area contributed by atoms with Crippen LogP contribution in [0, 0.1) is 6.92 Å². The van der Waals surface area contributed by atoms with Gasteiger partial charge in [0.1, 0.15) is 11.5 Å². The van der Waals surface area contributed by atoms with E-state index in [1.807, 2.05) is 49.4 Å². The number of hydrogen-bond donors (Lipinski definition) is 1. The van der Waals surface area contributed by atoms with Gasteiger partial charge in [-0.1, -0.05) is 47.8 Å². The number of hydrogen-bond acceptors (Lipinski definition) is 4. The van der Waals surface area contributed by atoms with Crippen molar-refractivity contribution in [2.24, 2.45) is 0 Å². The summed E-state index contributed by atoms with van der Waals surface area (Å²) in [6.07, 6.45) is 2.62. The molecule has 1 fully saturated rings. The maximum atomic E-state index is 13.0. The molecule has 0 spiro atoms. The zero-order valence-corrected chi connectivity index (χ0v) is 25.5. The normalized spacial score (nSPS) is 13.6. The molecule has 1 saturated heterocycles. The van der Waals surface area contributed by atoms with Gasteiger partial charge in [0.25, 0.3) is 5.91 Å². The minimum absolute atomic E-state index is 0. The van der Waals surface area contributed by atoms with E-state index in [-0.39, 0.29) is 30.7 Å². The second-order valence-electron chi connectivity index (χ2n) is 9.03. The van der Waals surface area contributed by atoms with Crippen LogP contribution in [0.15, 0.2) is 42.5 Å². The smallest absolute Gasteiger partial charge is 0.271 e. The van der Waals surface area contributed by atoms with Gasteiger partial charge in [0.05, 0.1) is 21.4 Å². The Morgan fingerprint density at radius 1 is 1.00 bits per heavy atom. The highest BCUT2D eigenvalue weighted by Gasteiger charge is 2.21. The summed E-state index contributed by atoms with van der Waals surface area (Å²) in [5.74, 6) is 0.762. The lowest BCUT2D eigenvalue weighted by Gasteiger charge is -2.36. The number of benzene rings is 2. The third-order valence-corrected chi connectivity index (χ3v) is 7.59. The van der Waals surface area contributed by atoms with Crippen LogP contribution in [0.25, 0.3) is 5.69 Å². The van der Waals surface area contributed by atoms with E-state index < -0.39 is 0 Å². The SMILES string of the molecule is CCCc1nc(C(=O)NCCCN2CCN(c3cccc(Cl)c3Cl)CC2)c(C)n1-c1ccc(Cl)cc1.Cl.Cl. The van der Waals surface area contributed by atoms with Gasteiger partial charge in [-0.05, 0) is 62.7 Å². The maximum absolute atomic E-state index is 13.0. The molecule has 38 heavy (non-hydrogen) atoms. The van der Waals surface area contributed by atoms with Crippen LogP contribution in [0.5, 0.6) is 0 Å². The van der Waals surface area contributed by atoms with E-state index >= 15 is 0 Å². The van der Waals surface area contributed by atoms with E-state index in [0.29, 0.717) is 27.3 Å². The molecule has 1 N–H and O–H groups in total. The first kappa shape index (κ1) is 32.5. The number of amides is 1. The highest BCUT2D eigenvalue weighted by molar-refractivity contribution is 6.43. The lowest BCUT2D eigenvalue weighted by atomic mass is 10.2. The molecule has 1 aliphatic heterocycles. The first-order chi connectivity index (χ1) is 17.4. The van der Waals surface area contributed by atoms with Crippen LogP contribution in [-0.2, 0) is 6.42 Å². The van der Waals surface area contributed by atoms with Crippen molar-refractivity contribution in [3.05, 3.63) is 74.7 Å². The molecule has 0 unspecified atom stereocenters. The van der Waals surface area contributed by atoms with Crippen LogP contribution >= 0.6 is 59.6 Å². The highest BCUT2D eigenvalue weighted by Crippen LogP contribution is 2.32. The number of anilines is 1. The molecule has 0 bridgehead atoms. The average Bonchev–Trinajstić information content (AvgIpc) is 3.20. The summed E-state index contributed by atoms with van der Waals surface area (Å²) in [6.45, 7) is 9.28. The van der Waals surface area contributed by atoms with Crippen LogP contribution in [0.1, 0.15) is 41.8 Å². The summed E-state index contributed by atoms with van der Waals surface area (Å²) >= 11 is 18.6. The Hall–Kier alpha value is -1.67. The summed E-state index contributed by atoms with van der Waals surface area (Å²) in [7, 11) is 0. The number of carbonyl (C=O) groups is 1. The molecular formula is C27H34Cl5N5O. The van der Waals surface area contributed by atoms with Crippen LogP contribution in [0.4, 0.5) is 5.69 Å². The number of carbonyl (C=O) groups excluding carboxylic acids is 1. The third-order valence-electron chi connectivity index (χ3n) is 6.53. The van der Waals surface area contributed by atoms with Crippen molar-refractivity contribution in [1.82, 2.24) is 19.8 Å². The topological polar surface area (TPSA) is 53.4 Å². The molecule has 208 valence electrons. The van der Waals surface area contributed by atoms with E-state index in [0.717, 1.165) is 74.9 Å². The molecular weight excluding hydrogens is 588 g/mol. The highest BCUT2D eigenvalue weighted by atomic mass is 35.5. The van der Waals surface area contributed by atoms with Crippen molar-refractivity contribution in [2.75, 3.05) is 44.2 Å². The number of piperazine rings is 1. The Bertz CT molecular complexity index is 1190. The summed E-state index contributed by atoms with van der Waals surface area (Å²) in [5, 5.41) is 4.95. The third kappa shape index (κ3) is 7.71. The maximum Gasteiger partial charge on any atom is 0.271 e. The Labute approximate surface area is 252 Å². The quantitative estimate of drug-likeness (QED) is 0.265. The lowest BCUT2D eigenvalue weighted by molar-refractivity contribution is 0.0946. The van der Waals surface area contributed by atoms with E-state index in [1.54, 1.807) is 0 Å². The first-order valence-electron chi connectivity index (χ1n) is 12.4. The number of imidazole rings is 1. The van der Waals surface area contributed by atoms with Crippen molar-refractivity contribution in [3.8, 4) is 5.69 Å². The van der Waals surface area contributed by atoms with Crippen molar-refractivity contribution in [3.63, 3.8) is 0 Å².